The molecule has 1 heterocycles. The maximum Gasteiger partial charge on any atom is 0.233 e. The Hall–Kier alpha value is -1.10. The first kappa shape index (κ1) is 15.3. The van der Waals surface area contributed by atoms with E-state index in [1.165, 1.54) is 24.6 Å². The van der Waals surface area contributed by atoms with Crippen LogP contribution in [0.4, 0.5) is 0 Å². The molecule has 1 aromatic rings. The fourth-order valence-corrected chi connectivity index (χ4v) is 3.38. The lowest BCUT2D eigenvalue weighted by molar-refractivity contribution is -0.121. The SMILES string of the molecule is C[C@@H]1[C@H](C)CCC[C@H]1NC(=O)[C@@H](C)Sc1ncccn1. The minimum Gasteiger partial charge on any atom is -0.352 e. The van der Waals surface area contributed by atoms with Crippen LogP contribution in [-0.4, -0.2) is 27.2 Å². The molecule has 5 heteroatoms. The van der Waals surface area contributed by atoms with Crippen molar-refractivity contribution < 1.29 is 4.79 Å². The summed E-state index contributed by atoms with van der Waals surface area (Å²) in [5, 5.41) is 3.69. The molecule has 1 saturated carbocycles. The number of thioether (sulfide) groups is 1. The lowest BCUT2D eigenvalue weighted by atomic mass is 9.78. The summed E-state index contributed by atoms with van der Waals surface area (Å²) in [7, 11) is 0. The Bertz CT molecular complexity index is 440. The largest absolute Gasteiger partial charge is 0.352 e. The van der Waals surface area contributed by atoms with E-state index in [0.29, 0.717) is 23.0 Å². The third kappa shape index (κ3) is 3.95. The Morgan fingerprint density at radius 2 is 2.05 bits per heavy atom. The van der Waals surface area contributed by atoms with Crippen LogP contribution in [-0.2, 0) is 4.79 Å². The zero-order valence-corrected chi connectivity index (χ0v) is 13.2. The summed E-state index contributed by atoms with van der Waals surface area (Å²) in [6.07, 6.45) is 6.97. The van der Waals surface area contributed by atoms with Crippen LogP contribution in [0.5, 0.6) is 0 Å². The van der Waals surface area contributed by atoms with Crippen molar-refractivity contribution in [2.24, 2.45) is 11.8 Å². The summed E-state index contributed by atoms with van der Waals surface area (Å²) in [5.74, 6) is 1.33. The average molecular weight is 293 g/mol. The zero-order valence-electron chi connectivity index (χ0n) is 12.4. The van der Waals surface area contributed by atoms with Gasteiger partial charge in [0.1, 0.15) is 0 Å². The molecule has 0 spiro atoms. The maximum absolute atomic E-state index is 12.3. The van der Waals surface area contributed by atoms with E-state index >= 15 is 0 Å². The minimum atomic E-state index is -0.165. The molecule has 1 N–H and O–H groups in total. The highest BCUT2D eigenvalue weighted by Gasteiger charge is 2.29. The number of amides is 1. The molecule has 110 valence electrons. The molecule has 0 aromatic carbocycles. The molecule has 0 unspecified atom stereocenters. The first-order valence-corrected chi connectivity index (χ1v) is 8.20. The number of carbonyl (C=O) groups is 1. The van der Waals surface area contributed by atoms with E-state index in [0.717, 1.165) is 6.42 Å². The quantitative estimate of drug-likeness (QED) is 0.685. The Morgan fingerprint density at radius 1 is 1.35 bits per heavy atom. The standard InChI is InChI=1S/C15H23N3OS/c1-10-6-4-7-13(11(10)2)18-14(19)12(3)20-15-16-8-5-9-17-15/h5,8-13H,4,6-7H2,1-3H3,(H,18,19)/t10-,11-,12-,13-/m1/s1. The molecule has 0 bridgehead atoms. The fourth-order valence-electron chi connectivity index (χ4n) is 2.64. The van der Waals surface area contributed by atoms with Crippen molar-refractivity contribution in [2.75, 3.05) is 0 Å². The van der Waals surface area contributed by atoms with Crippen LogP contribution in [0.2, 0.25) is 0 Å². The lowest BCUT2D eigenvalue weighted by Gasteiger charge is -2.35. The van der Waals surface area contributed by atoms with Crippen molar-refractivity contribution in [3.63, 3.8) is 0 Å². The monoisotopic (exact) mass is 293 g/mol. The van der Waals surface area contributed by atoms with E-state index in [1.807, 2.05) is 6.92 Å². The zero-order chi connectivity index (χ0) is 14.5. The molecule has 20 heavy (non-hydrogen) atoms. The highest BCUT2D eigenvalue weighted by atomic mass is 32.2. The average Bonchev–Trinajstić information content (AvgIpc) is 2.45. The van der Waals surface area contributed by atoms with Crippen LogP contribution in [0.25, 0.3) is 0 Å². The summed E-state index contributed by atoms with van der Waals surface area (Å²) in [6.45, 7) is 6.43. The van der Waals surface area contributed by atoms with Crippen LogP contribution in [0.15, 0.2) is 23.6 Å². The van der Waals surface area contributed by atoms with Crippen molar-refractivity contribution in [1.29, 1.82) is 0 Å². The summed E-state index contributed by atoms with van der Waals surface area (Å²) in [6, 6.07) is 2.09. The van der Waals surface area contributed by atoms with Gasteiger partial charge in [0, 0.05) is 18.4 Å². The smallest absolute Gasteiger partial charge is 0.233 e. The molecule has 1 amide bonds. The number of carbonyl (C=O) groups excluding carboxylic acids is 1. The second-order valence-electron chi connectivity index (χ2n) is 5.67. The molecule has 4 nitrogen and oxygen atoms in total. The van der Waals surface area contributed by atoms with Gasteiger partial charge in [0.15, 0.2) is 5.16 Å². The highest BCUT2D eigenvalue weighted by Crippen LogP contribution is 2.30. The van der Waals surface area contributed by atoms with Crippen molar-refractivity contribution in [3.8, 4) is 0 Å². The number of hydrogen-bond donors (Lipinski definition) is 1. The molecular formula is C15H23N3OS. The molecule has 2 rings (SSSR count). The van der Waals surface area contributed by atoms with Gasteiger partial charge < -0.3 is 5.32 Å². The number of aromatic nitrogens is 2. The van der Waals surface area contributed by atoms with Gasteiger partial charge in [-0.1, -0.05) is 38.5 Å². The van der Waals surface area contributed by atoms with Gasteiger partial charge in [-0.3, -0.25) is 4.79 Å². The Morgan fingerprint density at radius 3 is 2.75 bits per heavy atom. The molecular weight excluding hydrogens is 270 g/mol. The van der Waals surface area contributed by atoms with Crippen molar-refractivity contribution in [1.82, 2.24) is 15.3 Å². The third-order valence-electron chi connectivity index (χ3n) is 4.23. The second kappa shape index (κ2) is 7.07. The first-order valence-electron chi connectivity index (χ1n) is 7.32. The predicted molar refractivity (Wildman–Crippen MR) is 81.5 cm³/mol. The molecule has 1 fully saturated rings. The topological polar surface area (TPSA) is 54.9 Å². The van der Waals surface area contributed by atoms with Crippen LogP contribution < -0.4 is 5.32 Å². The first-order chi connectivity index (χ1) is 9.58. The molecule has 0 radical (unpaired) electrons. The summed E-state index contributed by atoms with van der Waals surface area (Å²) < 4.78 is 0. The van der Waals surface area contributed by atoms with Gasteiger partial charge in [0.05, 0.1) is 5.25 Å². The minimum absolute atomic E-state index is 0.0911. The summed E-state index contributed by atoms with van der Waals surface area (Å²) >= 11 is 1.41. The Balaban J connectivity index is 1.87. The van der Waals surface area contributed by atoms with Gasteiger partial charge in [-0.05, 0) is 31.2 Å². The second-order valence-corrected chi connectivity index (χ2v) is 6.98. The lowest BCUT2D eigenvalue weighted by Crippen LogP contribution is -2.46. The normalized spacial score (nSPS) is 27.9. The maximum atomic E-state index is 12.3. The van der Waals surface area contributed by atoms with Crippen molar-refractivity contribution >= 4 is 17.7 Å². The van der Waals surface area contributed by atoms with E-state index < -0.39 is 0 Å². The van der Waals surface area contributed by atoms with E-state index in [2.05, 4.69) is 29.1 Å². The molecule has 0 aliphatic heterocycles. The van der Waals surface area contributed by atoms with Gasteiger partial charge in [-0.25, -0.2) is 9.97 Å². The van der Waals surface area contributed by atoms with Gasteiger partial charge in [0.2, 0.25) is 5.91 Å². The van der Waals surface area contributed by atoms with Crippen molar-refractivity contribution in [3.05, 3.63) is 18.5 Å². The molecule has 0 saturated heterocycles. The Labute approximate surface area is 125 Å². The molecule has 1 aliphatic carbocycles. The van der Waals surface area contributed by atoms with Crippen molar-refractivity contribution in [2.45, 2.75) is 56.5 Å². The van der Waals surface area contributed by atoms with Gasteiger partial charge in [0.25, 0.3) is 0 Å². The van der Waals surface area contributed by atoms with E-state index in [4.69, 9.17) is 0 Å². The number of nitrogens with one attached hydrogen (secondary N) is 1. The summed E-state index contributed by atoms with van der Waals surface area (Å²) in [5.41, 5.74) is 0. The fraction of sp³-hybridized carbons (Fsp3) is 0.667. The number of nitrogens with zero attached hydrogens (tertiary/aromatic N) is 2. The van der Waals surface area contributed by atoms with Gasteiger partial charge in [-0.15, -0.1) is 0 Å². The highest BCUT2D eigenvalue weighted by molar-refractivity contribution is 8.00. The van der Waals surface area contributed by atoms with E-state index in [9.17, 15) is 4.79 Å². The van der Waals surface area contributed by atoms with Crippen LogP contribution in [0.3, 0.4) is 0 Å². The third-order valence-corrected chi connectivity index (χ3v) is 5.22. The van der Waals surface area contributed by atoms with Gasteiger partial charge in [-0.2, -0.15) is 0 Å². The molecule has 1 aliphatic rings. The number of rotatable bonds is 4. The van der Waals surface area contributed by atoms with Gasteiger partial charge >= 0.3 is 0 Å². The van der Waals surface area contributed by atoms with Crippen LogP contribution in [0, 0.1) is 11.8 Å². The number of hydrogen-bond acceptors (Lipinski definition) is 4. The Kier molecular flexibility index (Phi) is 5.40. The van der Waals surface area contributed by atoms with Crippen LogP contribution >= 0.6 is 11.8 Å². The van der Waals surface area contributed by atoms with E-state index in [1.54, 1.807) is 18.5 Å². The molecule has 4 atom stereocenters. The molecule has 1 aromatic heterocycles. The predicted octanol–water partition coefficient (Wildman–Crippen LogP) is 2.90. The van der Waals surface area contributed by atoms with Crippen LogP contribution in [0.1, 0.15) is 40.0 Å². The van der Waals surface area contributed by atoms with E-state index in [-0.39, 0.29) is 11.2 Å². The summed E-state index contributed by atoms with van der Waals surface area (Å²) in [4.78, 5) is 20.6.